The fraction of sp³-hybridized carbons (Fsp3) is 0.360. The summed E-state index contributed by atoms with van der Waals surface area (Å²) in [6, 6.07) is 10.8. The summed E-state index contributed by atoms with van der Waals surface area (Å²) in [6.07, 6.45) is 5.93. The maximum absolute atomic E-state index is 13.6. The van der Waals surface area contributed by atoms with Crippen molar-refractivity contribution in [2.24, 2.45) is 5.92 Å². The lowest BCUT2D eigenvalue weighted by atomic mass is 9.77. The third kappa shape index (κ3) is 4.99. The van der Waals surface area contributed by atoms with Crippen LogP contribution in [0.5, 0.6) is 0 Å². The van der Waals surface area contributed by atoms with Crippen LogP contribution in [0.25, 0.3) is 0 Å². The minimum atomic E-state index is -0.560. The van der Waals surface area contributed by atoms with E-state index < -0.39 is 11.6 Å². The minimum absolute atomic E-state index is 0.0290. The van der Waals surface area contributed by atoms with Crippen LogP contribution in [0, 0.1) is 48.2 Å². The van der Waals surface area contributed by atoms with Crippen LogP contribution in [0.4, 0.5) is 8.78 Å². The van der Waals surface area contributed by atoms with E-state index in [4.69, 9.17) is 0 Å². The van der Waals surface area contributed by atoms with Crippen LogP contribution >= 0.6 is 0 Å². The van der Waals surface area contributed by atoms with Crippen LogP contribution in [0.3, 0.4) is 0 Å². The molecule has 1 aliphatic rings. The summed E-state index contributed by atoms with van der Waals surface area (Å²) in [5, 5.41) is 0. The normalized spacial score (nSPS) is 18.8. The van der Waals surface area contributed by atoms with Gasteiger partial charge in [-0.3, -0.25) is 0 Å². The molecule has 0 radical (unpaired) electrons. The summed E-state index contributed by atoms with van der Waals surface area (Å²) >= 11 is 0. The zero-order valence-electron chi connectivity index (χ0n) is 15.9. The van der Waals surface area contributed by atoms with Gasteiger partial charge in [0.2, 0.25) is 0 Å². The quantitative estimate of drug-likeness (QED) is 0.545. The molecule has 138 valence electrons. The predicted molar refractivity (Wildman–Crippen MR) is 106 cm³/mol. The number of hydrogen-bond donors (Lipinski definition) is 0. The zero-order chi connectivity index (χ0) is 19.2. The molecule has 0 heterocycles. The second kappa shape index (κ2) is 8.88. The maximum atomic E-state index is 13.6. The van der Waals surface area contributed by atoms with Gasteiger partial charge in [0.05, 0.1) is 0 Å². The van der Waals surface area contributed by atoms with E-state index in [-0.39, 0.29) is 5.56 Å². The molecule has 1 fully saturated rings. The molecular formula is C25H24F2. The van der Waals surface area contributed by atoms with Crippen LogP contribution in [-0.2, 0) is 0 Å². The van der Waals surface area contributed by atoms with Crippen molar-refractivity contribution in [3.05, 3.63) is 70.3 Å². The topological polar surface area (TPSA) is 0 Å². The number of halogens is 2. The van der Waals surface area contributed by atoms with Crippen molar-refractivity contribution in [2.75, 3.05) is 0 Å². The Labute approximate surface area is 161 Å². The standard InChI is InChI=1S/C25H24F2/c1-3-4-5-19-8-12-22(13-9-19)23-14-10-20(11-15-23)6-7-21-16-24(26)18(2)25(27)17-21/h10-11,14-17,19,22H,5,8-9,12-13H2,1-2H3. The molecule has 27 heavy (non-hydrogen) atoms. The van der Waals surface area contributed by atoms with Crippen molar-refractivity contribution in [3.8, 4) is 23.7 Å². The minimum Gasteiger partial charge on any atom is -0.207 e. The first-order valence-corrected chi connectivity index (χ1v) is 9.54. The number of hydrogen-bond acceptors (Lipinski definition) is 0. The van der Waals surface area contributed by atoms with Crippen LogP contribution in [-0.4, -0.2) is 0 Å². The molecule has 0 saturated heterocycles. The monoisotopic (exact) mass is 362 g/mol. The Bertz CT molecular complexity index is 886. The Morgan fingerprint density at radius 3 is 2.07 bits per heavy atom. The lowest BCUT2D eigenvalue weighted by Crippen LogP contribution is -2.12. The van der Waals surface area contributed by atoms with E-state index in [2.05, 4.69) is 35.8 Å². The van der Waals surface area contributed by atoms with Gasteiger partial charge in [-0.1, -0.05) is 24.0 Å². The molecule has 0 nitrogen and oxygen atoms in total. The molecule has 2 aromatic rings. The van der Waals surface area contributed by atoms with Crippen molar-refractivity contribution in [2.45, 2.75) is 51.9 Å². The van der Waals surface area contributed by atoms with E-state index in [0.717, 1.165) is 17.9 Å². The predicted octanol–water partition coefficient (Wildman–Crippen LogP) is 6.36. The Kier molecular flexibility index (Phi) is 6.31. The third-order valence-corrected chi connectivity index (χ3v) is 5.43. The second-order valence-corrected chi connectivity index (χ2v) is 7.29. The number of rotatable bonds is 2. The SMILES string of the molecule is CC#CCC1CCC(c2ccc(C#Cc3cc(F)c(C)c(F)c3)cc2)CC1. The second-order valence-electron chi connectivity index (χ2n) is 7.29. The van der Waals surface area contributed by atoms with Gasteiger partial charge in [0.1, 0.15) is 11.6 Å². The molecule has 0 atom stereocenters. The highest BCUT2D eigenvalue weighted by Crippen LogP contribution is 2.36. The van der Waals surface area contributed by atoms with Crippen LogP contribution in [0.15, 0.2) is 36.4 Å². The lowest BCUT2D eigenvalue weighted by molar-refractivity contribution is 0.331. The van der Waals surface area contributed by atoms with Crippen LogP contribution < -0.4 is 0 Å². The van der Waals surface area contributed by atoms with Crippen molar-refractivity contribution in [3.63, 3.8) is 0 Å². The summed E-state index contributed by atoms with van der Waals surface area (Å²) in [7, 11) is 0. The van der Waals surface area contributed by atoms with Crippen molar-refractivity contribution in [1.29, 1.82) is 0 Å². The fourth-order valence-electron chi connectivity index (χ4n) is 3.65. The molecule has 1 aliphatic carbocycles. The molecular weight excluding hydrogens is 338 g/mol. The molecule has 0 aliphatic heterocycles. The van der Waals surface area contributed by atoms with Crippen molar-refractivity contribution >= 4 is 0 Å². The van der Waals surface area contributed by atoms with Gasteiger partial charge in [0, 0.05) is 23.1 Å². The number of benzene rings is 2. The van der Waals surface area contributed by atoms with E-state index in [1.54, 1.807) is 0 Å². The molecule has 0 aromatic heterocycles. The Hall–Kier alpha value is -2.58. The third-order valence-electron chi connectivity index (χ3n) is 5.43. The van der Waals surface area contributed by atoms with E-state index in [1.165, 1.54) is 50.3 Å². The smallest absolute Gasteiger partial charge is 0.130 e. The first-order valence-electron chi connectivity index (χ1n) is 9.54. The van der Waals surface area contributed by atoms with Gasteiger partial charge in [-0.2, -0.15) is 0 Å². The molecule has 1 saturated carbocycles. The van der Waals surface area contributed by atoms with Gasteiger partial charge in [-0.05, 0) is 81.2 Å². The van der Waals surface area contributed by atoms with Crippen LogP contribution in [0.2, 0.25) is 0 Å². The van der Waals surface area contributed by atoms with E-state index in [0.29, 0.717) is 11.5 Å². The summed E-state index contributed by atoms with van der Waals surface area (Å²) in [5.74, 6) is 12.3. The molecule has 0 unspecified atom stereocenters. The Balaban J connectivity index is 1.64. The largest absolute Gasteiger partial charge is 0.207 e. The average molecular weight is 362 g/mol. The zero-order valence-corrected chi connectivity index (χ0v) is 15.9. The highest BCUT2D eigenvalue weighted by molar-refractivity contribution is 5.45. The average Bonchev–Trinajstić information content (AvgIpc) is 2.69. The van der Waals surface area contributed by atoms with Crippen molar-refractivity contribution < 1.29 is 8.78 Å². The van der Waals surface area contributed by atoms with E-state index in [9.17, 15) is 8.78 Å². The van der Waals surface area contributed by atoms with Gasteiger partial charge in [-0.15, -0.1) is 11.8 Å². The summed E-state index contributed by atoms with van der Waals surface area (Å²) in [4.78, 5) is 0. The van der Waals surface area contributed by atoms with Crippen LogP contribution in [0.1, 0.15) is 67.2 Å². The Morgan fingerprint density at radius 2 is 1.48 bits per heavy atom. The summed E-state index contributed by atoms with van der Waals surface area (Å²) in [6.45, 7) is 3.33. The van der Waals surface area contributed by atoms with Gasteiger partial charge < -0.3 is 0 Å². The molecule has 0 bridgehead atoms. The highest BCUT2D eigenvalue weighted by atomic mass is 19.1. The molecule has 0 amide bonds. The van der Waals surface area contributed by atoms with Gasteiger partial charge in [0.25, 0.3) is 0 Å². The molecule has 2 heteroatoms. The maximum Gasteiger partial charge on any atom is 0.130 e. The molecule has 0 spiro atoms. The molecule has 2 aromatic carbocycles. The van der Waals surface area contributed by atoms with E-state index >= 15 is 0 Å². The summed E-state index contributed by atoms with van der Waals surface area (Å²) in [5.41, 5.74) is 2.59. The van der Waals surface area contributed by atoms with Gasteiger partial charge in [0.15, 0.2) is 0 Å². The molecule has 0 N–H and O–H groups in total. The Morgan fingerprint density at radius 1 is 0.889 bits per heavy atom. The molecule has 3 rings (SSSR count). The van der Waals surface area contributed by atoms with E-state index in [1.807, 2.05) is 19.1 Å². The first kappa shape index (κ1) is 19.2. The first-order chi connectivity index (χ1) is 13.1. The lowest BCUT2D eigenvalue weighted by Gasteiger charge is -2.27. The van der Waals surface area contributed by atoms with Gasteiger partial charge >= 0.3 is 0 Å². The fourth-order valence-corrected chi connectivity index (χ4v) is 3.65. The summed E-state index contributed by atoms with van der Waals surface area (Å²) < 4.78 is 27.2. The highest BCUT2D eigenvalue weighted by Gasteiger charge is 2.21. The van der Waals surface area contributed by atoms with Crippen molar-refractivity contribution in [1.82, 2.24) is 0 Å². The van der Waals surface area contributed by atoms with Gasteiger partial charge in [-0.25, -0.2) is 8.78 Å².